The van der Waals surface area contributed by atoms with E-state index in [4.69, 9.17) is 36.5 Å². The fourth-order valence-electron chi connectivity index (χ4n) is 6.46. The molecule has 2 aromatic heterocycles. The monoisotopic (exact) mass is 741 g/mol. The van der Waals surface area contributed by atoms with E-state index in [9.17, 15) is 0 Å². The van der Waals surface area contributed by atoms with Crippen LogP contribution < -0.4 is 40.7 Å². The van der Waals surface area contributed by atoms with Crippen LogP contribution in [0.4, 0.5) is 24.7 Å². The van der Waals surface area contributed by atoms with Crippen LogP contribution in [0.15, 0.2) is 96.6 Å². The summed E-state index contributed by atoms with van der Waals surface area (Å²) in [7, 11) is 3.17. The van der Waals surface area contributed by atoms with Gasteiger partial charge in [0.2, 0.25) is 0 Å². The van der Waals surface area contributed by atoms with Gasteiger partial charge in [-0.25, -0.2) is 4.98 Å². The lowest BCUT2D eigenvalue weighted by molar-refractivity contribution is -0.137. The van der Waals surface area contributed by atoms with Gasteiger partial charge in [-0.2, -0.15) is 13.2 Å². The van der Waals surface area contributed by atoms with Crippen molar-refractivity contribution in [3.63, 3.8) is 0 Å². The van der Waals surface area contributed by atoms with Gasteiger partial charge in [0.25, 0.3) is 0 Å². The first-order chi connectivity index (χ1) is 25.5. The molecule has 272 valence electrons. The first-order valence-corrected chi connectivity index (χ1v) is 16.9. The molecule has 2 aliphatic rings. The summed E-state index contributed by atoms with van der Waals surface area (Å²) in [6.45, 7) is 2.60. The lowest BCUT2D eigenvalue weighted by Gasteiger charge is -2.27. The van der Waals surface area contributed by atoms with Crippen LogP contribution in [-0.2, 0) is 25.8 Å². The standard InChI is InChI=1S/C39H35ClF3N7O3/c1-23-14-32(50(19-24-4-8-28(51-2)9-5-24)20-25-6-10-29(52-3)11-7-25)48-36(34(23)39(41,42)43)30-16-31-33-37(35(30)40)46-22-47-38(33)49(12-13-53-31)21-26-15-27(44)18-45-17-26/h4-18,47H,19-22,44H2,1-3H3. The first kappa shape index (κ1) is 35.5. The minimum absolute atomic E-state index is 0.0137. The average molecular weight is 742 g/mol. The number of alkyl halides is 3. The molecule has 0 saturated heterocycles. The van der Waals surface area contributed by atoms with Gasteiger partial charge < -0.3 is 35.1 Å². The number of rotatable bonds is 10. The zero-order valence-corrected chi connectivity index (χ0v) is 29.8. The normalized spacial score (nSPS) is 13.3. The van der Waals surface area contributed by atoms with Crippen molar-refractivity contribution in [2.75, 3.05) is 31.5 Å². The van der Waals surface area contributed by atoms with Crippen LogP contribution in [0.2, 0.25) is 5.02 Å². The SMILES string of the molecule is COc1ccc(CN(Cc2ccc(OC)cc2)c2cc(C)c(C(F)(F)F)c(-c3cc4c5c(c3Cl)=NCNC=5N(Cc3cncc(N)c3)C=CO4)n2)cc1. The Bertz CT molecular complexity index is 2270. The highest BCUT2D eigenvalue weighted by atomic mass is 35.5. The Balaban J connectivity index is 1.38. The smallest absolute Gasteiger partial charge is 0.418 e. The Morgan fingerprint density at radius 3 is 2.21 bits per heavy atom. The summed E-state index contributed by atoms with van der Waals surface area (Å²) in [6.07, 6.45) is 1.68. The number of anilines is 2. The van der Waals surface area contributed by atoms with Crippen molar-refractivity contribution in [2.45, 2.75) is 32.7 Å². The van der Waals surface area contributed by atoms with Gasteiger partial charge >= 0.3 is 6.18 Å². The van der Waals surface area contributed by atoms with Crippen LogP contribution in [0.3, 0.4) is 0 Å². The number of nitrogen functional groups attached to an aromatic ring is 1. The van der Waals surface area contributed by atoms with E-state index in [-0.39, 0.29) is 34.3 Å². The van der Waals surface area contributed by atoms with Gasteiger partial charge in [-0.3, -0.25) is 9.98 Å². The van der Waals surface area contributed by atoms with Crippen molar-refractivity contribution in [3.05, 3.63) is 135 Å². The van der Waals surface area contributed by atoms with Crippen molar-refractivity contribution in [1.82, 2.24) is 20.2 Å². The predicted octanol–water partition coefficient (Wildman–Crippen LogP) is 6.54. The second-order valence-electron chi connectivity index (χ2n) is 12.5. The topological polar surface area (TPSA) is 110 Å². The molecule has 0 spiro atoms. The van der Waals surface area contributed by atoms with E-state index in [1.807, 2.05) is 64.4 Å². The molecule has 0 fully saturated rings. The molecule has 2 aliphatic heterocycles. The van der Waals surface area contributed by atoms with Crippen LogP contribution >= 0.6 is 11.6 Å². The number of nitrogens with two attached hydrogens (primary N) is 1. The lowest BCUT2D eigenvalue weighted by atomic mass is 9.99. The van der Waals surface area contributed by atoms with Crippen molar-refractivity contribution >= 4 is 28.9 Å². The summed E-state index contributed by atoms with van der Waals surface area (Å²) in [5.41, 5.74) is 7.92. The van der Waals surface area contributed by atoms with Crippen LogP contribution in [0, 0.1) is 6.92 Å². The molecule has 0 radical (unpaired) electrons. The third-order valence-corrected chi connectivity index (χ3v) is 9.33. The number of ether oxygens (including phenoxy) is 3. The predicted molar refractivity (Wildman–Crippen MR) is 196 cm³/mol. The Hall–Kier alpha value is -5.95. The van der Waals surface area contributed by atoms with E-state index in [1.54, 1.807) is 32.8 Å². The molecule has 10 nitrogen and oxygen atoms in total. The van der Waals surface area contributed by atoms with E-state index >= 15 is 13.2 Å². The van der Waals surface area contributed by atoms with Crippen LogP contribution in [-0.4, -0.2) is 35.8 Å². The van der Waals surface area contributed by atoms with Crippen molar-refractivity contribution in [3.8, 4) is 28.5 Å². The highest BCUT2D eigenvalue weighted by Crippen LogP contribution is 2.42. The molecule has 0 saturated carbocycles. The van der Waals surface area contributed by atoms with Gasteiger partial charge in [0.05, 0.1) is 53.3 Å². The van der Waals surface area contributed by atoms with Crippen molar-refractivity contribution in [2.24, 2.45) is 4.99 Å². The Morgan fingerprint density at radius 2 is 1.60 bits per heavy atom. The number of hydrogen-bond donors (Lipinski definition) is 2. The number of aromatic nitrogens is 2. The van der Waals surface area contributed by atoms with Gasteiger partial charge in [-0.15, -0.1) is 0 Å². The second-order valence-corrected chi connectivity index (χ2v) is 12.9. The van der Waals surface area contributed by atoms with E-state index in [2.05, 4.69) is 15.3 Å². The Labute approximate surface area is 308 Å². The molecule has 0 atom stereocenters. The van der Waals surface area contributed by atoms with Crippen molar-refractivity contribution in [1.29, 1.82) is 0 Å². The lowest BCUT2D eigenvalue weighted by Crippen LogP contribution is -2.44. The molecule has 0 unspecified atom stereocenters. The van der Waals surface area contributed by atoms with Crippen LogP contribution in [0.1, 0.15) is 27.8 Å². The number of nitrogens with one attached hydrogen (secondary N) is 1. The molecule has 0 amide bonds. The van der Waals surface area contributed by atoms with E-state index in [1.165, 1.54) is 25.3 Å². The minimum atomic E-state index is -4.76. The fraction of sp³-hybridized carbons (Fsp3) is 0.205. The van der Waals surface area contributed by atoms with Gasteiger partial charge in [0, 0.05) is 37.2 Å². The summed E-state index contributed by atoms with van der Waals surface area (Å²) in [6, 6.07) is 19.8. The molecule has 0 bridgehead atoms. The highest BCUT2D eigenvalue weighted by molar-refractivity contribution is 6.33. The molecule has 14 heteroatoms. The van der Waals surface area contributed by atoms with Gasteiger partial charge in [0.15, 0.2) is 0 Å². The first-order valence-electron chi connectivity index (χ1n) is 16.6. The molecule has 0 aliphatic carbocycles. The zero-order valence-electron chi connectivity index (χ0n) is 29.0. The summed E-state index contributed by atoms with van der Waals surface area (Å²) < 4.78 is 61.8. The Morgan fingerprint density at radius 1 is 0.943 bits per heavy atom. The van der Waals surface area contributed by atoms with E-state index < -0.39 is 11.7 Å². The second kappa shape index (κ2) is 14.6. The molecule has 5 aromatic rings. The van der Waals surface area contributed by atoms with Crippen LogP contribution in [0.5, 0.6) is 17.2 Å². The van der Waals surface area contributed by atoms with E-state index in [0.29, 0.717) is 59.0 Å². The third-order valence-electron chi connectivity index (χ3n) is 8.95. The average Bonchev–Trinajstić information content (AvgIpc) is 3.31. The maximum absolute atomic E-state index is 15.0. The number of methoxy groups -OCH3 is 2. The summed E-state index contributed by atoms with van der Waals surface area (Å²) in [5, 5.41) is 4.09. The molecule has 7 rings (SSSR count). The van der Waals surface area contributed by atoms with Crippen LogP contribution in [0.25, 0.3) is 17.1 Å². The summed E-state index contributed by atoms with van der Waals surface area (Å²) in [4.78, 5) is 17.4. The summed E-state index contributed by atoms with van der Waals surface area (Å²) in [5.74, 6) is 2.58. The number of halogens is 4. The van der Waals surface area contributed by atoms with E-state index in [0.717, 1.165) is 16.7 Å². The summed E-state index contributed by atoms with van der Waals surface area (Å²) >= 11 is 7.08. The van der Waals surface area contributed by atoms with Gasteiger partial charge in [-0.1, -0.05) is 35.9 Å². The number of nitrogens with zero attached hydrogens (tertiary/aromatic N) is 5. The van der Waals surface area contributed by atoms with Gasteiger partial charge in [0.1, 0.15) is 41.8 Å². The largest absolute Gasteiger partial charge is 0.497 e. The third kappa shape index (κ3) is 7.38. The maximum Gasteiger partial charge on any atom is 0.418 e. The molecular weight excluding hydrogens is 707 g/mol. The molecule has 3 aromatic carbocycles. The van der Waals surface area contributed by atoms with Crippen molar-refractivity contribution < 1.29 is 27.4 Å². The quantitative estimate of drug-likeness (QED) is 0.165. The maximum atomic E-state index is 15.0. The van der Waals surface area contributed by atoms with Gasteiger partial charge in [-0.05, 0) is 71.6 Å². The molecule has 53 heavy (non-hydrogen) atoms. The molecule has 3 N–H and O–H groups in total. The fourth-order valence-corrected chi connectivity index (χ4v) is 6.75. The Kier molecular flexibility index (Phi) is 9.76. The molecule has 4 heterocycles. The number of pyridine rings is 2. The number of aryl methyl sites for hydroxylation is 1. The molecular formula is C39H35ClF3N7O3. The minimum Gasteiger partial charge on any atom is -0.497 e. The number of benzene rings is 3. The zero-order chi connectivity index (χ0) is 37.3. The number of hydrogen-bond acceptors (Lipinski definition) is 10. The highest BCUT2D eigenvalue weighted by Gasteiger charge is 2.38.